The fourth-order valence-corrected chi connectivity index (χ4v) is 1.91. The minimum Gasteiger partial charge on any atom is -0.484 e. The lowest BCUT2D eigenvalue weighted by molar-refractivity contribution is -0.167. The summed E-state index contributed by atoms with van der Waals surface area (Å²) in [5.74, 6) is -1.97. The van der Waals surface area contributed by atoms with Crippen LogP contribution in [-0.2, 0) is 9.59 Å². The van der Waals surface area contributed by atoms with Crippen LogP contribution in [0.1, 0.15) is 12.5 Å². The van der Waals surface area contributed by atoms with E-state index in [1.165, 1.54) is 24.3 Å². The monoisotopic (exact) mass is 379 g/mol. The summed E-state index contributed by atoms with van der Waals surface area (Å²) in [5, 5.41) is 5.65. The van der Waals surface area contributed by atoms with Crippen LogP contribution in [0.4, 0.5) is 18.9 Å². The van der Waals surface area contributed by atoms with Gasteiger partial charge in [0.25, 0.3) is 5.91 Å². The van der Waals surface area contributed by atoms with Gasteiger partial charge in [0, 0.05) is 5.69 Å². The van der Waals surface area contributed by atoms with Gasteiger partial charge in [-0.1, -0.05) is 30.3 Å². The number of carbonyl (C=O) groups is 2. The Bertz CT molecular complexity index is 819. The predicted molar refractivity (Wildman–Crippen MR) is 93.4 cm³/mol. The molecular formula is C18H16F3N3O3. The van der Waals surface area contributed by atoms with Crippen LogP contribution in [0.3, 0.4) is 0 Å². The molecule has 142 valence electrons. The molecule has 0 atom stereocenters. The fraction of sp³-hybridized carbons (Fsp3) is 0.167. The zero-order valence-corrected chi connectivity index (χ0v) is 14.2. The van der Waals surface area contributed by atoms with E-state index in [0.29, 0.717) is 17.0 Å². The molecule has 0 unspecified atom stereocenters. The minimum absolute atomic E-state index is 0.00540. The third-order valence-electron chi connectivity index (χ3n) is 3.28. The van der Waals surface area contributed by atoms with Crippen molar-refractivity contribution in [3.05, 3.63) is 60.2 Å². The van der Waals surface area contributed by atoms with Crippen LogP contribution in [0.2, 0.25) is 0 Å². The number of para-hydroxylation sites is 1. The first-order chi connectivity index (χ1) is 12.8. The molecular weight excluding hydrogens is 363 g/mol. The molecule has 0 bridgehead atoms. The molecule has 0 saturated heterocycles. The maximum atomic E-state index is 12.2. The van der Waals surface area contributed by atoms with Crippen LogP contribution in [0.5, 0.6) is 5.75 Å². The molecule has 6 nitrogen and oxygen atoms in total. The lowest BCUT2D eigenvalue weighted by Gasteiger charge is -2.09. The number of nitrogens with zero attached hydrogens (tertiary/aromatic N) is 1. The van der Waals surface area contributed by atoms with Crippen LogP contribution in [-0.4, -0.2) is 30.3 Å². The van der Waals surface area contributed by atoms with Crippen LogP contribution in [0, 0.1) is 0 Å². The standard InChI is InChI=1S/C18H16F3N3O3/c1-12(23-24-16(25)11-27-15-5-3-2-4-6-15)13-7-9-14(10-8-13)22-17(26)18(19,20)21/h2-10H,11H2,1H3,(H,22,26)(H,24,25). The summed E-state index contributed by atoms with van der Waals surface area (Å²) >= 11 is 0. The number of halogens is 3. The summed E-state index contributed by atoms with van der Waals surface area (Å²) in [4.78, 5) is 22.6. The fourth-order valence-electron chi connectivity index (χ4n) is 1.91. The zero-order valence-electron chi connectivity index (χ0n) is 14.2. The Hall–Kier alpha value is -3.36. The molecule has 27 heavy (non-hydrogen) atoms. The van der Waals surface area contributed by atoms with E-state index in [0.717, 1.165) is 0 Å². The number of nitrogens with one attached hydrogen (secondary N) is 2. The van der Waals surface area contributed by atoms with E-state index in [-0.39, 0.29) is 12.3 Å². The highest BCUT2D eigenvalue weighted by atomic mass is 19.4. The summed E-state index contributed by atoms with van der Waals surface area (Å²) in [6, 6.07) is 14.3. The van der Waals surface area contributed by atoms with Gasteiger partial charge in [0.15, 0.2) is 6.61 Å². The molecule has 2 N–H and O–H groups in total. The highest BCUT2D eigenvalue weighted by molar-refractivity contribution is 6.00. The van der Waals surface area contributed by atoms with Crippen molar-refractivity contribution >= 4 is 23.2 Å². The molecule has 2 rings (SSSR count). The number of hydrogen-bond donors (Lipinski definition) is 2. The van der Waals surface area contributed by atoms with Crippen LogP contribution >= 0.6 is 0 Å². The van der Waals surface area contributed by atoms with Crippen molar-refractivity contribution in [2.24, 2.45) is 5.10 Å². The Labute approximate surface area is 153 Å². The second-order valence-corrected chi connectivity index (χ2v) is 5.36. The second kappa shape index (κ2) is 8.84. The molecule has 0 fully saturated rings. The highest BCUT2D eigenvalue weighted by Crippen LogP contribution is 2.18. The predicted octanol–water partition coefficient (Wildman–Crippen LogP) is 3.11. The minimum atomic E-state index is -4.96. The van der Waals surface area contributed by atoms with Crippen molar-refractivity contribution in [2.45, 2.75) is 13.1 Å². The van der Waals surface area contributed by atoms with E-state index < -0.39 is 18.0 Å². The number of hydrazone groups is 1. The summed E-state index contributed by atoms with van der Waals surface area (Å²) in [7, 11) is 0. The Kier molecular flexibility index (Phi) is 6.53. The van der Waals surface area contributed by atoms with Gasteiger partial charge in [-0.2, -0.15) is 18.3 Å². The van der Waals surface area contributed by atoms with Crippen LogP contribution in [0.25, 0.3) is 0 Å². The van der Waals surface area contributed by atoms with Crippen molar-refractivity contribution in [1.29, 1.82) is 0 Å². The van der Waals surface area contributed by atoms with E-state index in [1.54, 1.807) is 36.5 Å². The van der Waals surface area contributed by atoms with Crippen molar-refractivity contribution in [1.82, 2.24) is 5.43 Å². The van der Waals surface area contributed by atoms with Crippen LogP contribution in [0.15, 0.2) is 59.7 Å². The van der Waals surface area contributed by atoms with Gasteiger partial charge < -0.3 is 10.1 Å². The molecule has 0 aliphatic heterocycles. The molecule has 9 heteroatoms. The molecule has 2 amide bonds. The van der Waals surface area contributed by atoms with Crippen molar-refractivity contribution in [2.75, 3.05) is 11.9 Å². The summed E-state index contributed by atoms with van der Waals surface area (Å²) in [6.07, 6.45) is -4.96. The van der Waals surface area contributed by atoms with E-state index in [2.05, 4.69) is 10.5 Å². The Balaban J connectivity index is 1.88. The number of carbonyl (C=O) groups excluding carboxylic acids is 2. The van der Waals surface area contributed by atoms with Gasteiger partial charge in [-0.15, -0.1) is 0 Å². The second-order valence-electron chi connectivity index (χ2n) is 5.36. The molecule has 0 radical (unpaired) electrons. The molecule has 2 aromatic rings. The molecule has 2 aromatic carbocycles. The Morgan fingerprint density at radius 1 is 1.04 bits per heavy atom. The molecule has 0 aliphatic carbocycles. The Morgan fingerprint density at radius 2 is 1.67 bits per heavy atom. The van der Waals surface area contributed by atoms with Crippen molar-refractivity contribution < 1.29 is 27.5 Å². The maximum absolute atomic E-state index is 12.2. The quantitative estimate of drug-likeness (QED) is 0.598. The normalized spacial score (nSPS) is 11.6. The molecule has 0 aliphatic rings. The van der Waals surface area contributed by atoms with Crippen molar-refractivity contribution in [3.8, 4) is 5.75 Å². The van der Waals surface area contributed by atoms with Gasteiger partial charge in [-0.25, -0.2) is 5.43 Å². The molecule has 0 saturated carbocycles. The lowest BCUT2D eigenvalue weighted by atomic mass is 10.1. The first kappa shape index (κ1) is 20.0. The largest absolute Gasteiger partial charge is 0.484 e. The third kappa shape index (κ3) is 6.46. The number of rotatable bonds is 6. The SMILES string of the molecule is CC(=NNC(=O)COc1ccccc1)c1ccc(NC(=O)C(F)(F)F)cc1. The number of benzene rings is 2. The van der Waals surface area contributed by atoms with Crippen LogP contribution < -0.4 is 15.5 Å². The highest BCUT2D eigenvalue weighted by Gasteiger charge is 2.38. The number of amides is 2. The maximum Gasteiger partial charge on any atom is 0.471 e. The van der Waals surface area contributed by atoms with E-state index in [4.69, 9.17) is 4.74 Å². The zero-order chi connectivity index (χ0) is 19.9. The molecule has 0 spiro atoms. The molecule has 0 heterocycles. The van der Waals surface area contributed by atoms with Gasteiger partial charge >= 0.3 is 12.1 Å². The topological polar surface area (TPSA) is 79.8 Å². The van der Waals surface area contributed by atoms with E-state index >= 15 is 0 Å². The van der Waals surface area contributed by atoms with Gasteiger partial charge in [0.05, 0.1) is 5.71 Å². The number of alkyl halides is 3. The molecule has 0 aromatic heterocycles. The summed E-state index contributed by atoms with van der Waals surface area (Å²) in [5.41, 5.74) is 3.31. The lowest BCUT2D eigenvalue weighted by Crippen LogP contribution is -2.29. The van der Waals surface area contributed by atoms with E-state index in [9.17, 15) is 22.8 Å². The average Bonchev–Trinajstić information content (AvgIpc) is 2.65. The van der Waals surface area contributed by atoms with Gasteiger partial charge in [-0.3, -0.25) is 9.59 Å². The Morgan fingerprint density at radius 3 is 2.26 bits per heavy atom. The van der Waals surface area contributed by atoms with Gasteiger partial charge in [0.1, 0.15) is 5.75 Å². The summed E-state index contributed by atoms with van der Waals surface area (Å²) in [6.45, 7) is 1.39. The van der Waals surface area contributed by atoms with E-state index in [1.807, 2.05) is 6.07 Å². The third-order valence-corrected chi connectivity index (χ3v) is 3.28. The summed E-state index contributed by atoms with van der Waals surface area (Å²) < 4.78 is 41.9. The first-order valence-corrected chi connectivity index (χ1v) is 7.75. The number of hydrogen-bond acceptors (Lipinski definition) is 4. The van der Waals surface area contributed by atoms with Gasteiger partial charge in [0.2, 0.25) is 0 Å². The number of anilines is 1. The van der Waals surface area contributed by atoms with Crippen molar-refractivity contribution in [3.63, 3.8) is 0 Å². The average molecular weight is 379 g/mol. The smallest absolute Gasteiger partial charge is 0.471 e. The number of ether oxygens (including phenoxy) is 1. The first-order valence-electron chi connectivity index (χ1n) is 7.75. The van der Waals surface area contributed by atoms with Gasteiger partial charge in [-0.05, 0) is 36.8 Å².